The molecule has 0 spiro atoms. The summed E-state index contributed by atoms with van der Waals surface area (Å²) in [7, 11) is 0. The van der Waals surface area contributed by atoms with Gasteiger partial charge in [-0.05, 0) is 49.9 Å². The highest BCUT2D eigenvalue weighted by atomic mass is 16.1. The van der Waals surface area contributed by atoms with E-state index in [0.717, 1.165) is 30.6 Å². The van der Waals surface area contributed by atoms with Crippen molar-refractivity contribution in [3.8, 4) is 0 Å². The molecule has 20 heavy (non-hydrogen) atoms. The first-order valence-corrected chi connectivity index (χ1v) is 9.27. The number of hydrogen-bond donors (Lipinski definition) is 0. The summed E-state index contributed by atoms with van der Waals surface area (Å²) in [6.07, 6.45) is 15.6. The van der Waals surface area contributed by atoms with Gasteiger partial charge >= 0.3 is 0 Å². The van der Waals surface area contributed by atoms with Crippen LogP contribution in [0.15, 0.2) is 0 Å². The Kier molecular flexibility index (Phi) is 6.58. The first kappa shape index (κ1) is 16.0. The van der Waals surface area contributed by atoms with Crippen molar-refractivity contribution < 1.29 is 4.79 Å². The highest BCUT2D eigenvalue weighted by Crippen LogP contribution is 2.41. The Morgan fingerprint density at radius 1 is 0.850 bits per heavy atom. The minimum Gasteiger partial charge on any atom is -0.299 e. The fraction of sp³-hybridized carbons (Fsp3) is 0.947. The monoisotopic (exact) mass is 278 g/mol. The van der Waals surface area contributed by atoms with E-state index in [1.165, 1.54) is 64.2 Å². The van der Waals surface area contributed by atoms with Crippen LogP contribution in [-0.4, -0.2) is 5.78 Å². The van der Waals surface area contributed by atoms with E-state index in [-0.39, 0.29) is 0 Å². The lowest BCUT2D eigenvalue weighted by atomic mass is 9.68. The zero-order valence-electron chi connectivity index (χ0n) is 13.7. The molecule has 0 N–H and O–H groups in total. The van der Waals surface area contributed by atoms with Gasteiger partial charge in [0.15, 0.2) is 0 Å². The Bertz CT molecular complexity index is 288. The van der Waals surface area contributed by atoms with Crippen molar-refractivity contribution in [2.24, 2.45) is 23.7 Å². The fourth-order valence-corrected chi connectivity index (χ4v) is 4.60. The van der Waals surface area contributed by atoms with Crippen LogP contribution in [0.2, 0.25) is 0 Å². The topological polar surface area (TPSA) is 17.1 Å². The molecule has 0 amide bonds. The SMILES string of the molecule is CCCCC1CCC([C@@H]2CC[C@@H](CCC)C(=O)C2)CC1. The third-order valence-electron chi connectivity index (χ3n) is 5.97. The predicted octanol–water partition coefficient (Wildman–Crippen LogP) is 5.77. The first-order chi connectivity index (χ1) is 9.74. The van der Waals surface area contributed by atoms with Gasteiger partial charge in [0.25, 0.3) is 0 Å². The average molecular weight is 278 g/mol. The van der Waals surface area contributed by atoms with E-state index in [9.17, 15) is 4.79 Å². The van der Waals surface area contributed by atoms with Gasteiger partial charge in [0.1, 0.15) is 5.78 Å². The molecule has 0 bridgehead atoms. The van der Waals surface area contributed by atoms with E-state index in [1.54, 1.807) is 0 Å². The molecule has 116 valence electrons. The van der Waals surface area contributed by atoms with Crippen LogP contribution in [0, 0.1) is 23.7 Å². The molecule has 2 rings (SSSR count). The zero-order chi connectivity index (χ0) is 14.4. The summed E-state index contributed by atoms with van der Waals surface area (Å²) < 4.78 is 0. The summed E-state index contributed by atoms with van der Waals surface area (Å²) in [6, 6.07) is 0. The standard InChI is InChI=1S/C19H34O/c1-3-5-7-15-8-10-16(11-9-15)18-13-12-17(6-4-2)19(20)14-18/h15-18H,3-14H2,1-2H3/t15?,16?,17-,18-/m1/s1. The van der Waals surface area contributed by atoms with E-state index in [2.05, 4.69) is 13.8 Å². The second-order valence-corrected chi connectivity index (χ2v) is 7.42. The van der Waals surface area contributed by atoms with E-state index in [1.807, 2.05) is 0 Å². The summed E-state index contributed by atoms with van der Waals surface area (Å²) in [6.45, 7) is 4.50. The van der Waals surface area contributed by atoms with Crippen LogP contribution in [-0.2, 0) is 4.79 Å². The van der Waals surface area contributed by atoms with Crippen molar-refractivity contribution in [2.45, 2.75) is 90.9 Å². The van der Waals surface area contributed by atoms with Crippen LogP contribution < -0.4 is 0 Å². The van der Waals surface area contributed by atoms with Crippen LogP contribution in [0.1, 0.15) is 90.9 Å². The highest BCUT2D eigenvalue weighted by Gasteiger charge is 2.34. The third kappa shape index (κ3) is 4.33. The lowest BCUT2D eigenvalue weighted by Gasteiger charge is -2.37. The maximum absolute atomic E-state index is 12.2. The third-order valence-corrected chi connectivity index (χ3v) is 5.97. The Morgan fingerprint density at radius 2 is 1.55 bits per heavy atom. The van der Waals surface area contributed by atoms with Gasteiger partial charge in [-0.1, -0.05) is 52.4 Å². The summed E-state index contributed by atoms with van der Waals surface area (Å²) in [5, 5.41) is 0. The Balaban J connectivity index is 1.73. The molecule has 0 saturated heterocycles. The molecule has 0 aromatic rings. The molecule has 2 fully saturated rings. The molecular formula is C19H34O. The molecule has 1 heteroatoms. The Morgan fingerprint density at radius 3 is 2.15 bits per heavy atom. The fourth-order valence-electron chi connectivity index (χ4n) is 4.60. The van der Waals surface area contributed by atoms with Gasteiger partial charge in [-0.15, -0.1) is 0 Å². The van der Waals surface area contributed by atoms with Crippen LogP contribution in [0.4, 0.5) is 0 Å². The molecule has 0 unspecified atom stereocenters. The number of ketones is 1. The minimum atomic E-state index is 0.414. The van der Waals surface area contributed by atoms with Gasteiger partial charge in [-0.25, -0.2) is 0 Å². The van der Waals surface area contributed by atoms with E-state index < -0.39 is 0 Å². The van der Waals surface area contributed by atoms with Gasteiger partial charge in [0.05, 0.1) is 0 Å². The van der Waals surface area contributed by atoms with Crippen LogP contribution in [0.5, 0.6) is 0 Å². The summed E-state index contributed by atoms with van der Waals surface area (Å²) in [5.41, 5.74) is 0. The van der Waals surface area contributed by atoms with Gasteiger partial charge in [0, 0.05) is 12.3 Å². The van der Waals surface area contributed by atoms with Crippen molar-refractivity contribution >= 4 is 5.78 Å². The average Bonchev–Trinajstić information content (AvgIpc) is 2.48. The smallest absolute Gasteiger partial charge is 0.136 e. The number of Topliss-reactive ketones (excluding diaryl/α,β-unsaturated/α-hetero) is 1. The number of rotatable bonds is 6. The highest BCUT2D eigenvalue weighted by molar-refractivity contribution is 5.81. The lowest BCUT2D eigenvalue weighted by molar-refractivity contribution is -0.127. The van der Waals surface area contributed by atoms with Crippen molar-refractivity contribution in [1.29, 1.82) is 0 Å². The molecule has 1 nitrogen and oxygen atoms in total. The lowest BCUT2D eigenvalue weighted by Crippen LogP contribution is -2.31. The minimum absolute atomic E-state index is 0.414. The van der Waals surface area contributed by atoms with Gasteiger partial charge in [0.2, 0.25) is 0 Å². The number of carbonyl (C=O) groups excluding carboxylic acids is 1. The number of hydrogen-bond acceptors (Lipinski definition) is 1. The molecule has 0 aliphatic heterocycles. The maximum atomic E-state index is 12.2. The van der Waals surface area contributed by atoms with Gasteiger partial charge in [-0.2, -0.15) is 0 Å². The van der Waals surface area contributed by atoms with Crippen LogP contribution in [0.25, 0.3) is 0 Å². The molecule has 0 radical (unpaired) electrons. The zero-order valence-corrected chi connectivity index (χ0v) is 13.7. The van der Waals surface area contributed by atoms with Gasteiger partial charge < -0.3 is 0 Å². The maximum Gasteiger partial charge on any atom is 0.136 e. The van der Waals surface area contributed by atoms with E-state index >= 15 is 0 Å². The molecule has 0 heterocycles. The number of unbranched alkanes of at least 4 members (excludes halogenated alkanes) is 1. The summed E-state index contributed by atoms with van der Waals surface area (Å²) in [5.74, 6) is 3.62. The van der Waals surface area contributed by atoms with Crippen molar-refractivity contribution in [3.63, 3.8) is 0 Å². The van der Waals surface area contributed by atoms with Crippen molar-refractivity contribution in [2.75, 3.05) is 0 Å². The summed E-state index contributed by atoms with van der Waals surface area (Å²) in [4.78, 5) is 12.2. The molecule has 2 saturated carbocycles. The normalized spacial score (nSPS) is 35.2. The van der Waals surface area contributed by atoms with Crippen LogP contribution in [0.3, 0.4) is 0 Å². The Hall–Kier alpha value is -0.330. The second-order valence-electron chi connectivity index (χ2n) is 7.42. The van der Waals surface area contributed by atoms with Crippen LogP contribution >= 0.6 is 0 Å². The largest absolute Gasteiger partial charge is 0.299 e. The first-order valence-electron chi connectivity index (χ1n) is 9.27. The molecule has 0 aromatic heterocycles. The van der Waals surface area contributed by atoms with Crippen molar-refractivity contribution in [1.82, 2.24) is 0 Å². The molecule has 2 aliphatic carbocycles. The quantitative estimate of drug-likeness (QED) is 0.603. The molecule has 0 aromatic carbocycles. The van der Waals surface area contributed by atoms with E-state index in [0.29, 0.717) is 11.7 Å². The number of carbonyl (C=O) groups is 1. The van der Waals surface area contributed by atoms with E-state index in [4.69, 9.17) is 0 Å². The molecule has 2 aliphatic rings. The van der Waals surface area contributed by atoms with Crippen molar-refractivity contribution in [3.05, 3.63) is 0 Å². The molecular weight excluding hydrogens is 244 g/mol. The Labute approximate surface area is 125 Å². The summed E-state index contributed by atoms with van der Waals surface area (Å²) >= 11 is 0. The second kappa shape index (κ2) is 8.20. The predicted molar refractivity (Wildman–Crippen MR) is 85.7 cm³/mol. The van der Waals surface area contributed by atoms with Gasteiger partial charge in [-0.3, -0.25) is 4.79 Å². The molecule has 2 atom stereocenters.